The van der Waals surface area contributed by atoms with Crippen molar-refractivity contribution in [3.05, 3.63) is 77.3 Å². The normalized spacial score (nSPS) is 13.8. The van der Waals surface area contributed by atoms with E-state index in [0.717, 1.165) is 17.6 Å². The number of aromatic nitrogens is 3. The number of hydrazone groups is 1. The Morgan fingerprint density at radius 3 is 2.74 bits per heavy atom. The molecular weight excluding hydrogens is 465 g/mol. The summed E-state index contributed by atoms with van der Waals surface area (Å²) in [6, 6.07) is 14.4. The number of benzene rings is 1. The van der Waals surface area contributed by atoms with Crippen molar-refractivity contribution >= 4 is 40.7 Å². The predicted molar refractivity (Wildman–Crippen MR) is 138 cm³/mol. The van der Waals surface area contributed by atoms with Crippen LogP contribution in [0.1, 0.15) is 11.3 Å². The number of halogens is 1. The summed E-state index contributed by atoms with van der Waals surface area (Å²) in [7, 11) is 0. The Bertz CT molecular complexity index is 1310. The fourth-order valence-corrected chi connectivity index (χ4v) is 4.44. The van der Waals surface area contributed by atoms with E-state index < -0.39 is 5.82 Å². The Balaban J connectivity index is 1.22. The topological polar surface area (TPSA) is 87.6 Å². The zero-order valence-electron chi connectivity index (χ0n) is 19.1. The van der Waals surface area contributed by atoms with E-state index in [-0.39, 0.29) is 11.8 Å². The van der Waals surface area contributed by atoms with Crippen LogP contribution in [0, 0.1) is 12.7 Å². The SMILES string of the molecule is Cc1cc(Nc2ccc(/C=N/Nc3ncc(F)c(N4CCOCC4)n3)nc2)cc(-c2cccs2)c1. The summed E-state index contributed by atoms with van der Waals surface area (Å²) in [6.45, 7) is 4.33. The summed E-state index contributed by atoms with van der Waals surface area (Å²) < 4.78 is 19.5. The molecule has 0 atom stereocenters. The van der Waals surface area contributed by atoms with Gasteiger partial charge in [0.1, 0.15) is 0 Å². The lowest BCUT2D eigenvalue weighted by Crippen LogP contribution is -2.37. The van der Waals surface area contributed by atoms with Gasteiger partial charge in [-0.15, -0.1) is 11.3 Å². The number of rotatable bonds is 7. The molecule has 1 aliphatic rings. The van der Waals surface area contributed by atoms with E-state index in [2.05, 4.69) is 73.4 Å². The molecule has 3 aromatic heterocycles. The van der Waals surface area contributed by atoms with Crippen LogP contribution in [-0.2, 0) is 4.74 Å². The van der Waals surface area contributed by atoms with Crippen LogP contribution < -0.4 is 15.6 Å². The Labute approximate surface area is 206 Å². The third-order valence-electron chi connectivity index (χ3n) is 5.36. The molecule has 0 aliphatic carbocycles. The Morgan fingerprint density at radius 2 is 1.97 bits per heavy atom. The number of nitrogens with zero attached hydrogens (tertiary/aromatic N) is 5. The van der Waals surface area contributed by atoms with Crippen LogP contribution in [0.3, 0.4) is 0 Å². The molecule has 0 radical (unpaired) electrons. The van der Waals surface area contributed by atoms with E-state index in [9.17, 15) is 4.39 Å². The maximum absolute atomic E-state index is 14.2. The first-order valence-electron chi connectivity index (χ1n) is 11.2. The second-order valence-electron chi connectivity index (χ2n) is 8.00. The van der Waals surface area contributed by atoms with Crippen LogP contribution in [0.2, 0.25) is 0 Å². The zero-order valence-corrected chi connectivity index (χ0v) is 19.9. The summed E-state index contributed by atoms with van der Waals surface area (Å²) in [4.78, 5) is 15.7. The maximum Gasteiger partial charge on any atom is 0.245 e. The van der Waals surface area contributed by atoms with Crippen molar-refractivity contribution in [3.63, 3.8) is 0 Å². The average Bonchev–Trinajstić information content (AvgIpc) is 3.42. The number of hydrogen-bond donors (Lipinski definition) is 2. The predicted octanol–water partition coefficient (Wildman–Crippen LogP) is 5.07. The number of nitrogens with one attached hydrogen (secondary N) is 2. The summed E-state index contributed by atoms with van der Waals surface area (Å²) >= 11 is 1.72. The summed E-state index contributed by atoms with van der Waals surface area (Å²) in [5.41, 5.74) is 7.64. The smallest absolute Gasteiger partial charge is 0.245 e. The second-order valence-corrected chi connectivity index (χ2v) is 8.94. The van der Waals surface area contributed by atoms with Crippen LogP contribution in [0.25, 0.3) is 10.4 Å². The van der Waals surface area contributed by atoms with Gasteiger partial charge in [-0.2, -0.15) is 10.1 Å². The number of aryl methyl sites for hydroxylation is 1. The van der Waals surface area contributed by atoms with E-state index in [1.165, 1.54) is 16.0 Å². The first-order valence-corrected chi connectivity index (χ1v) is 12.0. The van der Waals surface area contributed by atoms with Crippen molar-refractivity contribution in [3.8, 4) is 10.4 Å². The fraction of sp³-hybridized carbons (Fsp3) is 0.200. The lowest BCUT2D eigenvalue weighted by Gasteiger charge is -2.27. The van der Waals surface area contributed by atoms with Gasteiger partial charge >= 0.3 is 0 Å². The highest BCUT2D eigenvalue weighted by atomic mass is 32.1. The molecule has 0 bridgehead atoms. The largest absolute Gasteiger partial charge is 0.378 e. The molecule has 0 spiro atoms. The molecule has 0 amide bonds. The van der Waals surface area contributed by atoms with Gasteiger partial charge in [0.2, 0.25) is 5.95 Å². The van der Waals surface area contributed by atoms with Crippen molar-refractivity contribution in [2.24, 2.45) is 5.10 Å². The number of morpholine rings is 1. The summed E-state index contributed by atoms with van der Waals surface area (Å²) in [5.74, 6) is -0.0151. The Morgan fingerprint density at radius 1 is 1.09 bits per heavy atom. The third-order valence-corrected chi connectivity index (χ3v) is 6.27. The van der Waals surface area contributed by atoms with Crippen molar-refractivity contribution in [1.82, 2.24) is 15.0 Å². The molecule has 1 aromatic carbocycles. The van der Waals surface area contributed by atoms with Gasteiger partial charge in [0.05, 0.1) is 43.2 Å². The summed E-state index contributed by atoms with van der Waals surface area (Å²) in [6.07, 6.45) is 4.45. The first-order chi connectivity index (χ1) is 17.1. The van der Waals surface area contributed by atoms with Crippen LogP contribution in [0.15, 0.2) is 65.3 Å². The number of thiophene rings is 1. The zero-order chi connectivity index (χ0) is 24.0. The van der Waals surface area contributed by atoms with Crippen LogP contribution in [-0.4, -0.2) is 47.5 Å². The molecule has 178 valence electrons. The van der Waals surface area contributed by atoms with E-state index in [4.69, 9.17) is 4.74 Å². The van der Waals surface area contributed by atoms with E-state index in [1.54, 1.807) is 23.7 Å². The van der Waals surface area contributed by atoms with Crippen molar-refractivity contribution in [2.45, 2.75) is 6.92 Å². The van der Waals surface area contributed by atoms with Crippen LogP contribution >= 0.6 is 11.3 Å². The second kappa shape index (κ2) is 10.6. The Kier molecular flexibility index (Phi) is 6.92. The van der Waals surface area contributed by atoms with Gasteiger partial charge in [-0.3, -0.25) is 4.98 Å². The molecule has 8 nitrogen and oxygen atoms in total. The third kappa shape index (κ3) is 5.79. The molecule has 1 aliphatic heterocycles. The Hall–Kier alpha value is -3.89. The first kappa shape index (κ1) is 22.9. The van der Waals surface area contributed by atoms with Gasteiger partial charge in [-0.25, -0.2) is 14.8 Å². The lowest BCUT2D eigenvalue weighted by atomic mass is 10.1. The monoisotopic (exact) mass is 489 g/mol. The van der Waals surface area contributed by atoms with Gasteiger partial charge in [-0.05, 0) is 53.8 Å². The highest BCUT2D eigenvalue weighted by Gasteiger charge is 2.17. The van der Waals surface area contributed by atoms with Gasteiger partial charge in [0.25, 0.3) is 0 Å². The molecule has 10 heteroatoms. The minimum atomic E-state index is -0.470. The van der Waals surface area contributed by atoms with Gasteiger partial charge < -0.3 is 15.0 Å². The molecular formula is C25H24FN7OS. The number of hydrogen-bond acceptors (Lipinski definition) is 9. The van der Waals surface area contributed by atoms with Crippen molar-refractivity contribution in [2.75, 3.05) is 41.9 Å². The maximum atomic E-state index is 14.2. The average molecular weight is 490 g/mol. The molecule has 4 aromatic rings. The number of pyridine rings is 1. The number of ether oxygens (including phenoxy) is 1. The minimum Gasteiger partial charge on any atom is -0.378 e. The molecule has 5 rings (SSSR count). The quantitative estimate of drug-likeness (QED) is 0.277. The number of anilines is 4. The molecule has 2 N–H and O–H groups in total. The van der Waals surface area contributed by atoms with Gasteiger partial charge in [0.15, 0.2) is 11.6 Å². The molecule has 1 fully saturated rings. The minimum absolute atomic E-state index is 0.212. The lowest BCUT2D eigenvalue weighted by molar-refractivity contribution is 0.122. The highest BCUT2D eigenvalue weighted by molar-refractivity contribution is 7.13. The van der Waals surface area contributed by atoms with E-state index in [1.807, 2.05) is 17.0 Å². The van der Waals surface area contributed by atoms with Crippen molar-refractivity contribution < 1.29 is 9.13 Å². The molecule has 4 heterocycles. The standard InChI is InChI=1S/C25H24FN7OS/c1-17-11-18(23-3-2-10-35-23)13-21(12-17)30-20-5-4-19(27-14-20)15-29-32-25-28-16-22(26)24(31-25)33-6-8-34-9-7-33/h2-5,10-16,30H,6-9H2,1H3,(H,28,31,32)/b29-15+. The van der Waals surface area contributed by atoms with Crippen molar-refractivity contribution in [1.29, 1.82) is 0 Å². The van der Waals surface area contributed by atoms with Gasteiger partial charge in [0, 0.05) is 23.7 Å². The van der Waals surface area contributed by atoms with Gasteiger partial charge in [-0.1, -0.05) is 12.1 Å². The summed E-state index contributed by atoms with van der Waals surface area (Å²) in [5, 5.41) is 9.64. The molecule has 0 saturated carbocycles. The molecule has 1 saturated heterocycles. The molecule has 0 unspecified atom stereocenters. The highest BCUT2D eigenvalue weighted by Crippen LogP contribution is 2.29. The van der Waals surface area contributed by atoms with E-state index in [0.29, 0.717) is 32.0 Å². The molecule has 35 heavy (non-hydrogen) atoms. The van der Waals surface area contributed by atoms with Crippen LogP contribution in [0.5, 0.6) is 0 Å². The van der Waals surface area contributed by atoms with Crippen LogP contribution in [0.4, 0.5) is 27.5 Å². The fourth-order valence-electron chi connectivity index (χ4n) is 3.73. The van der Waals surface area contributed by atoms with E-state index >= 15 is 0 Å².